The number of methoxy groups -OCH3 is 1. The molecule has 1 saturated heterocycles. The Morgan fingerprint density at radius 3 is 2.38 bits per heavy atom. The maximum Gasteiger partial charge on any atom is 0.270 e. The number of nitrogens with zero attached hydrogens (tertiary/aromatic N) is 1. The molecule has 1 heterocycles. The van der Waals surface area contributed by atoms with E-state index in [4.69, 9.17) is 14.2 Å². The Kier molecular flexibility index (Phi) is 5.78. The smallest absolute Gasteiger partial charge is 0.270 e. The van der Waals surface area contributed by atoms with E-state index >= 15 is 0 Å². The summed E-state index contributed by atoms with van der Waals surface area (Å²) in [6.45, 7) is 11.4. The first-order chi connectivity index (χ1) is 13.6. The van der Waals surface area contributed by atoms with E-state index in [0.29, 0.717) is 36.8 Å². The number of benzene rings is 2. The van der Waals surface area contributed by atoms with Crippen molar-refractivity contribution in [3.63, 3.8) is 0 Å². The lowest BCUT2D eigenvalue weighted by molar-refractivity contribution is -0.129. The van der Waals surface area contributed by atoms with Gasteiger partial charge in [-0.1, -0.05) is 38.5 Å². The molecule has 1 aliphatic rings. The van der Waals surface area contributed by atoms with Gasteiger partial charge in [0, 0.05) is 24.7 Å². The average Bonchev–Trinajstić information content (AvgIpc) is 2.96. The van der Waals surface area contributed by atoms with Gasteiger partial charge in [-0.2, -0.15) is 0 Å². The lowest BCUT2D eigenvalue weighted by Crippen LogP contribution is -2.42. The Bertz CT molecular complexity index is 869. The molecule has 0 aromatic heterocycles. The number of rotatable bonds is 6. The van der Waals surface area contributed by atoms with Crippen LogP contribution in [0.1, 0.15) is 39.7 Å². The average molecular weight is 398 g/mol. The summed E-state index contributed by atoms with van der Waals surface area (Å²) in [4.78, 5) is 14.9. The van der Waals surface area contributed by atoms with E-state index in [0.717, 1.165) is 11.3 Å². The molecule has 29 heavy (non-hydrogen) atoms. The van der Waals surface area contributed by atoms with Gasteiger partial charge in [-0.25, -0.2) is 0 Å². The van der Waals surface area contributed by atoms with Crippen LogP contribution < -0.4 is 19.1 Å². The molecule has 2 aromatic rings. The highest BCUT2D eigenvalue weighted by Crippen LogP contribution is 2.37. The molecule has 1 amide bonds. The third-order valence-corrected chi connectivity index (χ3v) is 4.99. The second-order valence-electron chi connectivity index (χ2n) is 9.04. The van der Waals surface area contributed by atoms with Gasteiger partial charge in [0.15, 0.2) is 17.1 Å². The first kappa shape index (κ1) is 21.0. The number of ether oxygens (including phenoxy) is 3. The third kappa shape index (κ3) is 4.84. The van der Waals surface area contributed by atoms with Crippen molar-refractivity contribution in [1.82, 2.24) is 0 Å². The van der Waals surface area contributed by atoms with E-state index in [1.165, 1.54) is 0 Å². The molecule has 0 bridgehead atoms. The van der Waals surface area contributed by atoms with Crippen LogP contribution in [0.3, 0.4) is 0 Å². The molecule has 5 heteroatoms. The summed E-state index contributed by atoms with van der Waals surface area (Å²) >= 11 is 0. The molecule has 1 fully saturated rings. The highest BCUT2D eigenvalue weighted by Gasteiger charge is 2.45. The molecule has 156 valence electrons. The lowest BCUT2D eigenvalue weighted by Gasteiger charge is -2.25. The predicted molar refractivity (Wildman–Crippen MR) is 115 cm³/mol. The van der Waals surface area contributed by atoms with Gasteiger partial charge in [-0.15, -0.1) is 0 Å². The van der Waals surface area contributed by atoms with Crippen molar-refractivity contribution in [3.05, 3.63) is 48.0 Å². The minimum atomic E-state index is -0.885. The number of carbonyl (C=O) groups is 1. The van der Waals surface area contributed by atoms with Gasteiger partial charge in [-0.05, 0) is 43.5 Å². The van der Waals surface area contributed by atoms with Crippen LogP contribution in [-0.2, 0) is 4.79 Å². The van der Waals surface area contributed by atoms with Gasteiger partial charge in [0.1, 0.15) is 5.75 Å². The van der Waals surface area contributed by atoms with E-state index in [1.54, 1.807) is 12.0 Å². The molecule has 1 aliphatic heterocycles. The van der Waals surface area contributed by atoms with E-state index < -0.39 is 5.60 Å². The molecule has 1 atom stereocenters. The summed E-state index contributed by atoms with van der Waals surface area (Å²) in [5.41, 5.74) is 1.10. The zero-order valence-corrected chi connectivity index (χ0v) is 18.2. The topological polar surface area (TPSA) is 48.0 Å². The van der Waals surface area contributed by atoms with Gasteiger partial charge in [0.05, 0.1) is 13.7 Å². The summed E-state index contributed by atoms with van der Waals surface area (Å²) in [6, 6.07) is 13.4. The van der Waals surface area contributed by atoms with Crippen molar-refractivity contribution in [2.24, 2.45) is 5.41 Å². The second-order valence-corrected chi connectivity index (χ2v) is 9.04. The van der Waals surface area contributed by atoms with Crippen LogP contribution in [0.15, 0.2) is 42.5 Å². The number of hydrogen-bond donors (Lipinski definition) is 0. The van der Waals surface area contributed by atoms with Crippen molar-refractivity contribution in [3.8, 4) is 17.2 Å². The van der Waals surface area contributed by atoms with Crippen molar-refractivity contribution >= 4 is 11.6 Å². The van der Waals surface area contributed by atoms with Crippen molar-refractivity contribution < 1.29 is 19.0 Å². The van der Waals surface area contributed by atoms with Gasteiger partial charge >= 0.3 is 0 Å². The van der Waals surface area contributed by atoms with Crippen LogP contribution in [0.25, 0.3) is 0 Å². The fourth-order valence-electron chi connectivity index (χ4n) is 3.26. The SMILES string of the molecule is COc1cc(N2CCC(C)(Oc3ccc(C)cc3)C2=O)ccc1OCC(C)(C)C. The number of carbonyl (C=O) groups excluding carboxylic acids is 1. The molecule has 1 unspecified atom stereocenters. The van der Waals surface area contributed by atoms with Crippen LogP contribution in [0.4, 0.5) is 5.69 Å². The first-order valence-corrected chi connectivity index (χ1v) is 10.00. The number of hydrogen-bond acceptors (Lipinski definition) is 4. The van der Waals surface area contributed by atoms with Crippen LogP contribution in [0.5, 0.6) is 17.2 Å². The first-order valence-electron chi connectivity index (χ1n) is 10.00. The molecule has 3 rings (SSSR count). The zero-order valence-electron chi connectivity index (χ0n) is 18.2. The van der Waals surface area contributed by atoms with Crippen molar-refractivity contribution in [2.45, 2.75) is 46.6 Å². The largest absolute Gasteiger partial charge is 0.493 e. The van der Waals surface area contributed by atoms with Gasteiger partial charge in [0.25, 0.3) is 5.91 Å². The summed E-state index contributed by atoms with van der Waals surface area (Å²) < 4.78 is 17.5. The monoisotopic (exact) mass is 397 g/mol. The zero-order chi connectivity index (χ0) is 21.2. The van der Waals surface area contributed by atoms with Crippen LogP contribution in [0.2, 0.25) is 0 Å². The molecule has 2 aromatic carbocycles. The van der Waals surface area contributed by atoms with Gasteiger partial charge in [-0.3, -0.25) is 4.79 Å². The van der Waals surface area contributed by atoms with E-state index in [1.807, 2.05) is 56.3 Å². The molecule has 0 N–H and O–H groups in total. The van der Waals surface area contributed by atoms with Crippen molar-refractivity contribution in [1.29, 1.82) is 0 Å². The van der Waals surface area contributed by atoms with Gasteiger partial charge < -0.3 is 19.1 Å². The van der Waals surface area contributed by atoms with Crippen LogP contribution in [0, 0.1) is 12.3 Å². The highest BCUT2D eigenvalue weighted by atomic mass is 16.5. The molecule has 5 nitrogen and oxygen atoms in total. The maximum absolute atomic E-state index is 13.2. The number of anilines is 1. The van der Waals surface area contributed by atoms with E-state index in [2.05, 4.69) is 20.8 Å². The number of aryl methyl sites for hydroxylation is 1. The minimum absolute atomic E-state index is 0.0454. The lowest BCUT2D eigenvalue weighted by atomic mass is 9.99. The molecule has 0 saturated carbocycles. The Morgan fingerprint density at radius 1 is 1.07 bits per heavy atom. The Labute approximate surface area is 173 Å². The van der Waals surface area contributed by atoms with Crippen molar-refractivity contribution in [2.75, 3.05) is 25.2 Å². The number of amides is 1. The Hall–Kier alpha value is -2.69. The maximum atomic E-state index is 13.2. The normalized spacial score (nSPS) is 19.4. The molecular weight excluding hydrogens is 366 g/mol. The molecule has 0 radical (unpaired) electrons. The molecular formula is C24H31NO4. The van der Waals surface area contributed by atoms with E-state index in [-0.39, 0.29) is 11.3 Å². The quantitative estimate of drug-likeness (QED) is 0.688. The minimum Gasteiger partial charge on any atom is -0.493 e. The van der Waals surface area contributed by atoms with Crippen LogP contribution in [-0.4, -0.2) is 31.8 Å². The van der Waals surface area contributed by atoms with E-state index in [9.17, 15) is 4.79 Å². The fourth-order valence-corrected chi connectivity index (χ4v) is 3.26. The molecule has 0 aliphatic carbocycles. The summed E-state index contributed by atoms with van der Waals surface area (Å²) in [7, 11) is 1.61. The van der Waals surface area contributed by atoms with Crippen LogP contribution >= 0.6 is 0 Å². The molecule has 0 spiro atoms. The standard InChI is InChI=1S/C24H31NO4/c1-17-7-10-19(11-8-17)29-24(5)13-14-25(22(24)26)18-9-12-20(21(15-18)27-6)28-16-23(2,3)4/h7-12,15H,13-14,16H2,1-6H3. The Morgan fingerprint density at radius 2 is 1.76 bits per heavy atom. The second kappa shape index (κ2) is 7.97. The Balaban J connectivity index is 1.77. The summed E-state index contributed by atoms with van der Waals surface area (Å²) in [6.07, 6.45) is 0.615. The summed E-state index contributed by atoms with van der Waals surface area (Å²) in [5, 5.41) is 0. The third-order valence-electron chi connectivity index (χ3n) is 4.99. The van der Waals surface area contributed by atoms with Gasteiger partial charge in [0.2, 0.25) is 0 Å². The predicted octanol–water partition coefficient (Wildman–Crippen LogP) is 5.00. The summed E-state index contributed by atoms with van der Waals surface area (Å²) in [5.74, 6) is 1.95. The fraction of sp³-hybridized carbons (Fsp3) is 0.458. The highest BCUT2D eigenvalue weighted by molar-refractivity contribution is 6.02.